The Morgan fingerprint density at radius 3 is 2.69 bits per heavy atom. The van der Waals surface area contributed by atoms with E-state index < -0.39 is 25.7 Å². The lowest BCUT2D eigenvalue weighted by molar-refractivity contribution is -0.146. The summed E-state index contributed by atoms with van der Waals surface area (Å²) in [7, 11) is -4.51. The zero-order valence-electron chi connectivity index (χ0n) is 6.93. The Balaban J connectivity index is 2.79. The fraction of sp³-hybridized carbons (Fsp3) is 0.667. The van der Waals surface area contributed by atoms with Crippen LogP contribution in [0, 0.1) is 5.92 Å². The normalized spacial score (nSPS) is 35.7. The Bertz CT molecular complexity index is 285. The maximum absolute atomic E-state index is 10.9. The van der Waals surface area contributed by atoms with Crippen molar-refractivity contribution in [1.29, 1.82) is 0 Å². The first-order chi connectivity index (χ1) is 5.91. The van der Waals surface area contributed by atoms with Gasteiger partial charge < -0.3 is 9.05 Å². The first kappa shape index (κ1) is 10.2. The molecule has 13 heavy (non-hydrogen) atoms. The standard InChI is InChI=1S/C6H9O6P/c1-4-2-3-5(7)11-13(9,10)12-6(4)8/h4H,2-3H2,1H3,(H,9,10). The number of hydrogen-bond acceptors (Lipinski definition) is 5. The molecular weight excluding hydrogens is 199 g/mol. The Hall–Kier alpha value is -0.870. The van der Waals surface area contributed by atoms with Gasteiger partial charge in [0.2, 0.25) is 0 Å². The second-order valence-corrected chi connectivity index (χ2v) is 4.08. The molecule has 1 fully saturated rings. The monoisotopic (exact) mass is 208 g/mol. The minimum atomic E-state index is -4.51. The van der Waals surface area contributed by atoms with E-state index in [2.05, 4.69) is 9.05 Å². The van der Waals surface area contributed by atoms with E-state index >= 15 is 0 Å². The lowest BCUT2D eigenvalue weighted by Crippen LogP contribution is -2.20. The Morgan fingerprint density at radius 2 is 2.08 bits per heavy atom. The molecule has 0 aromatic rings. The van der Waals surface area contributed by atoms with Crippen molar-refractivity contribution in [2.75, 3.05) is 0 Å². The molecule has 0 aromatic carbocycles. The van der Waals surface area contributed by atoms with E-state index in [4.69, 9.17) is 4.89 Å². The summed E-state index contributed by atoms with van der Waals surface area (Å²) in [6.45, 7) is 1.51. The molecule has 0 aliphatic carbocycles. The maximum atomic E-state index is 10.9. The van der Waals surface area contributed by atoms with Crippen molar-refractivity contribution in [3.05, 3.63) is 0 Å². The molecule has 0 aromatic heterocycles. The molecule has 1 rings (SSSR count). The molecule has 0 bridgehead atoms. The molecule has 6 nitrogen and oxygen atoms in total. The van der Waals surface area contributed by atoms with Crippen LogP contribution in [-0.2, 0) is 23.2 Å². The summed E-state index contributed by atoms with van der Waals surface area (Å²) < 4.78 is 19.0. The van der Waals surface area contributed by atoms with Crippen LogP contribution >= 0.6 is 7.82 Å². The van der Waals surface area contributed by atoms with E-state index in [0.29, 0.717) is 0 Å². The van der Waals surface area contributed by atoms with Crippen molar-refractivity contribution in [2.45, 2.75) is 19.8 Å². The van der Waals surface area contributed by atoms with Crippen LogP contribution in [0.2, 0.25) is 0 Å². The molecule has 2 unspecified atom stereocenters. The molecule has 0 amide bonds. The van der Waals surface area contributed by atoms with Crippen molar-refractivity contribution in [3.63, 3.8) is 0 Å². The van der Waals surface area contributed by atoms with Gasteiger partial charge >= 0.3 is 19.8 Å². The van der Waals surface area contributed by atoms with Gasteiger partial charge in [-0.1, -0.05) is 6.92 Å². The van der Waals surface area contributed by atoms with E-state index in [1.165, 1.54) is 6.92 Å². The molecule has 1 N–H and O–H groups in total. The van der Waals surface area contributed by atoms with Crippen molar-refractivity contribution < 1.29 is 28.1 Å². The van der Waals surface area contributed by atoms with Gasteiger partial charge in [0.05, 0.1) is 5.92 Å². The summed E-state index contributed by atoms with van der Waals surface area (Å²) in [5.41, 5.74) is 0. The lowest BCUT2D eigenvalue weighted by atomic mass is 10.1. The third kappa shape index (κ3) is 2.82. The highest BCUT2D eigenvalue weighted by molar-refractivity contribution is 7.48. The zero-order valence-corrected chi connectivity index (χ0v) is 7.82. The molecule has 7 heteroatoms. The number of carbonyl (C=O) groups excluding carboxylic acids is 2. The quantitative estimate of drug-likeness (QED) is 0.586. The number of carbonyl (C=O) groups is 2. The molecule has 1 saturated heterocycles. The highest BCUT2D eigenvalue weighted by atomic mass is 31.2. The summed E-state index contributed by atoms with van der Waals surface area (Å²) in [5.74, 6) is -2.21. The highest BCUT2D eigenvalue weighted by Gasteiger charge is 2.35. The predicted molar refractivity (Wildman–Crippen MR) is 40.4 cm³/mol. The van der Waals surface area contributed by atoms with Crippen molar-refractivity contribution in [2.24, 2.45) is 5.92 Å². The smallest absolute Gasteiger partial charge is 0.361 e. The first-order valence-electron chi connectivity index (χ1n) is 3.69. The number of phosphoric acid groups is 1. The Kier molecular flexibility index (Phi) is 2.73. The first-order valence-corrected chi connectivity index (χ1v) is 5.19. The predicted octanol–water partition coefficient (Wildman–Crippen LogP) is 0.603. The second-order valence-electron chi connectivity index (χ2n) is 2.78. The Morgan fingerprint density at radius 1 is 1.46 bits per heavy atom. The highest BCUT2D eigenvalue weighted by Crippen LogP contribution is 2.45. The molecule has 1 heterocycles. The van der Waals surface area contributed by atoms with Crippen LogP contribution in [0.15, 0.2) is 0 Å². The zero-order chi connectivity index (χ0) is 10.1. The molecule has 0 radical (unpaired) electrons. The van der Waals surface area contributed by atoms with Gasteiger partial charge in [0.1, 0.15) is 0 Å². The van der Waals surface area contributed by atoms with Crippen LogP contribution in [0.25, 0.3) is 0 Å². The van der Waals surface area contributed by atoms with Crippen molar-refractivity contribution in [3.8, 4) is 0 Å². The molecule has 0 saturated carbocycles. The number of hydrogen-bond donors (Lipinski definition) is 1. The number of phosphoric ester groups is 1. The van der Waals surface area contributed by atoms with Gasteiger partial charge in [-0.3, -0.25) is 14.5 Å². The van der Waals surface area contributed by atoms with Crippen LogP contribution in [-0.4, -0.2) is 16.8 Å². The molecule has 1 aliphatic rings. The summed E-state index contributed by atoms with van der Waals surface area (Å²) >= 11 is 0. The van der Waals surface area contributed by atoms with E-state index in [9.17, 15) is 14.2 Å². The van der Waals surface area contributed by atoms with Crippen LogP contribution in [0.5, 0.6) is 0 Å². The average molecular weight is 208 g/mol. The summed E-state index contributed by atoms with van der Waals surface area (Å²) in [6.07, 6.45) is 0.207. The van der Waals surface area contributed by atoms with Gasteiger partial charge in [0.15, 0.2) is 0 Å². The second kappa shape index (κ2) is 3.47. The maximum Gasteiger partial charge on any atom is 0.589 e. The van der Waals surface area contributed by atoms with Crippen LogP contribution in [0.3, 0.4) is 0 Å². The number of rotatable bonds is 0. The SMILES string of the molecule is CC1CCC(=O)OP(=O)(O)OC1=O. The topological polar surface area (TPSA) is 89.9 Å². The molecule has 1 aliphatic heterocycles. The lowest BCUT2D eigenvalue weighted by Gasteiger charge is -2.17. The Labute approximate surface area is 74.5 Å². The minimum Gasteiger partial charge on any atom is -0.361 e. The molecule has 0 spiro atoms. The average Bonchev–Trinajstić information content (AvgIpc) is 1.96. The third-order valence-corrected chi connectivity index (χ3v) is 2.45. The van der Waals surface area contributed by atoms with Crippen molar-refractivity contribution >= 4 is 19.8 Å². The van der Waals surface area contributed by atoms with E-state index in [-0.39, 0.29) is 12.8 Å². The minimum absolute atomic E-state index is 0.0547. The fourth-order valence-corrected chi connectivity index (χ4v) is 1.64. The van der Waals surface area contributed by atoms with Gasteiger partial charge in [0, 0.05) is 6.42 Å². The molecule has 2 atom stereocenters. The van der Waals surface area contributed by atoms with E-state index in [1.54, 1.807) is 0 Å². The van der Waals surface area contributed by atoms with Gasteiger partial charge in [0.25, 0.3) is 0 Å². The summed E-state index contributed by atoms with van der Waals surface area (Å²) in [5, 5.41) is 0. The molecular formula is C6H9O6P. The largest absolute Gasteiger partial charge is 0.589 e. The molecule has 74 valence electrons. The van der Waals surface area contributed by atoms with E-state index in [1.807, 2.05) is 0 Å². The van der Waals surface area contributed by atoms with Gasteiger partial charge in [-0.2, -0.15) is 0 Å². The van der Waals surface area contributed by atoms with E-state index in [0.717, 1.165) is 0 Å². The van der Waals surface area contributed by atoms with Crippen LogP contribution in [0.4, 0.5) is 0 Å². The van der Waals surface area contributed by atoms with Crippen LogP contribution in [0.1, 0.15) is 19.8 Å². The third-order valence-electron chi connectivity index (χ3n) is 1.61. The van der Waals surface area contributed by atoms with Crippen LogP contribution < -0.4 is 0 Å². The summed E-state index contributed by atoms with van der Waals surface area (Å²) in [4.78, 5) is 30.5. The van der Waals surface area contributed by atoms with Gasteiger partial charge in [-0.05, 0) is 6.42 Å². The van der Waals surface area contributed by atoms with Gasteiger partial charge in [-0.15, -0.1) is 0 Å². The van der Waals surface area contributed by atoms with Gasteiger partial charge in [-0.25, -0.2) is 4.57 Å². The van der Waals surface area contributed by atoms with Crippen molar-refractivity contribution in [1.82, 2.24) is 0 Å². The summed E-state index contributed by atoms with van der Waals surface area (Å²) in [6, 6.07) is 0. The fourth-order valence-electron chi connectivity index (χ4n) is 0.849.